The van der Waals surface area contributed by atoms with Crippen molar-refractivity contribution in [2.75, 3.05) is 0 Å². The Bertz CT molecular complexity index is 1020. The summed E-state index contributed by atoms with van der Waals surface area (Å²) < 4.78 is 5.17. The standard InChI is InChI=1S/C24H28O8/c1-5-14(2)10-8-6-7-9-11-18(27)32-24(4)21(29)19-15(13-25)20(28)17(26)12-16(19)23(3,31)22(24)30/h6-12,14,25-26,28,31H,5,13H2,1-4H3/b7-6+,10-8+,11-9+/t14-,23-,24-/m1/s1. The lowest BCUT2D eigenvalue weighted by Gasteiger charge is -2.39. The highest BCUT2D eigenvalue weighted by Crippen LogP contribution is 2.45. The van der Waals surface area contributed by atoms with E-state index in [2.05, 4.69) is 13.8 Å². The second-order valence-electron chi connectivity index (χ2n) is 8.00. The summed E-state index contributed by atoms with van der Waals surface area (Å²) in [4.78, 5) is 38.4. The SMILES string of the molecule is CC[C@@H](C)/C=C/C=C/C=C/C(=O)O[C@]1(C)C(=O)c2c(cc(O)c(O)c2CO)[C@@](C)(O)C1=O. The van der Waals surface area contributed by atoms with Crippen LogP contribution in [0.3, 0.4) is 0 Å². The first kappa shape index (κ1) is 25.0. The lowest BCUT2D eigenvalue weighted by atomic mass is 9.69. The summed E-state index contributed by atoms with van der Waals surface area (Å²) in [5.41, 5.74) is -5.82. The van der Waals surface area contributed by atoms with Crippen molar-refractivity contribution in [2.45, 2.75) is 51.9 Å². The predicted octanol–water partition coefficient (Wildman–Crippen LogP) is 2.58. The molecule has 0 amide bonds. The largest absolute Gasteiger partial charge is 0.504 e. The fourth-order valence-corrected chi connectivity index (χ4v) is 3.42. The number of benzene rings is 1. The Kier molecular flexibility index (Phi) is 7.43. The molecule has 1 aromatic rings. The van der Waals surface area contributed by atoms with Crippen LogP contribution >= 0.6 is 0 Å². The lowest BCUT2D eigenvalue weighted by molar-refractivity contribution is -0.167. The molecule has 8 nitrogen and oxygen atoms in total. The Labute approximate surface area is 186 Å². The number of hydrogen-bond donors (Lipinski definition) is 4. The van der Waals surface area contributed by atoms with Crippen LogP contribution in [0.5, 0.6) is 11.5 Å². The summed E-state index contributed by atoms with van der Waals surface area (Å²) in [6.07, 6.45) is 10.5. The molecule has 1 aliphatic carbocycles. The van der Waals surface area contributed by atoms with Crippen LogP contribution in [-0.4, -0.2) is 43.6 Å². The number of aliphatic hydroxyl groups excluding tert-OH is 1. The quantitative estimate of drug-likeness (QED) is 0.165. The molecule has 0 bridgehead atoms. The summed E-state index contributed by atoms with van der Waals surface area (Å²) >= 11 is 0. The molecule has 8 heteroatoms. The van der Waals surface area contributed by atoms with E-state index < -0.39 is 46.8 Å². The van der Waals surface area contributed by atoms with Crippen molar-refractivity contribution in [2.24, 2.45) is 5.92 Å². The van der Waals surface area contributed by atoms with Crippen LogP contribution in [0, 0.1) is 5.92 Å². The number of phenols is 2. The van der Waals surface area contributed by atoms with Crippen LogP contribution < -0.4 is 0 Å². The van der Waals surface area contributed by atoms with Gasteiger partial charge < -0.3 is 25.2 Å². The van der Waals surface area contributed by atoms with Gasteiger partial charge in [-0.25, -0.2) is 4.79 Å². The van der Waals surface area contributed by atoms with Crippen molar-refractivity contribution in [3.63, 3.8) is 0 Å². The number of fused-ring (bicyclic) bond motifs is 1. The smallest absolute Gasteiger partial charge is 0.332 e. The zero-order valence-electron chi connectivity index (χ0n) is 18.5. The van der Waals surface area contributed by atoms with Gasteiger partial charge in [0.05, 0.1) is 6.61 Å². The molecule has 0 saturated heterocycles. The van der Waals surface area contributed by atoms with Crippen molar-refractivity contribution < 1.29 is 39.5 Å². The summed E-state index contributed by atoms with van der Waals surface area (Å²) in [7, 11) is 0. The Morgan fingerprint density at radius 3 is 2.38 bits per heavy atom. The van der Waals surface area contributed by atoms with Gasteiger partial charge in [-0.3, -0.25) is 9.59 Å². The van der Waals surface area contributed by atoms with E-state index in [0.29, 0.717) is 5.92 Å². The van der Waals surface area contributed by atoms with Gasteiger partial charge in [-0.2, -0.15) is 0 Å². The van der Waals surface area contributed by atoms with E-state index >= 15 is 0 Å². The molecule has 0 aromatic heterocycles. The van der Waals surface area contributed by atoms with Gasteiger partial charge in [0, 0.05) is 22.8 Å². The third kappa shape index (κ3) is 4.51. The Balaban J connectivity index is 2.36. The molecule has 1 aromatic carbocycles. The summed E-state index contributed by atoms with van der Waals surface area (Å²) in [6, 6.07) is 0.874. The van der Waals surface area contributed by atoms with Crippen LogP contribution in [0.2, 0.25) is 0 Å². The molecule has 2 rings (SSSR count). The molecule has 0 heterocycles. The molecule has 172 valence electrons. The first-order valence-electron chi connectivity index (χ1n) is 10.2. The minimum absolute atomic E-state index is 0.299. The Hall–Kier alpha value is -3.23. The van der Waals surface area contributed by atoms with E-state index in [-0.39, 0.29) is 16.7 Å². The number of phenolic OH excluding ortho intramolecular Hbond substituents is 1. The number of aromatic hydroxyl groups is 2. The average molecular weight is 444 g/mol. The first-order chi connectivity index (χ1) is 14.9. The number of esters is 1. The van der Waals surface area contributed by atoms with Crippen LogP contribution in [0.1, 0.15) is 55.6 Å². The van der Waals surface area contributed by atoms with Crippen molar-refractivity contribution >= 4 is 17.5 Å². The third-order valence-electron chi connectivity index (χ3n) is 5.55. The van der Waals surface area contributed by atoms with Gasteiger partial charge in [0.2, 0.25) is 17.2 Å². The molecule has 0 aliphatic heterocycles. The van der Waals surface area contributed by atoms with Gasteiger partial charge in [-0.15, -0.1) is 0 Å². The predicted molar refractivity (Wildman–Crippen MR) is 116 cm³/mol. The fourth-order valence-electron chi connectivity index (χ4n) is 3.42. The Morgan fingerprint density at radius 1 is 1.16 bits per heavy atom. The van der Waals surface area contributed by atoms with Crippen molar-refractivity contribution in [1.82, 2.24) is 0 Å². The minimum atomic E-state index is -2.41. The van der Waals surface area contributed by atoms with Crippen LogP contribution in [0.15, 0.2) is 42.5 Å². The maximum Gasteiger partial charge on any atom is 0.332 e. The molecule has 0 saturated carbocycles. The summed E-state index contributed by atoms with van der Waals surface area (Å²) in [6.45, 7) is 5.37. The molecule has 3 atom stereocenters. The van der Waals surface area contributed by atoms with Crippen LogP contribution in [0.4, 0.5) is 0 Å². The molecule has 0 fully saturated rings. The van der Waals surface area contributed by atoms with Gasteiger partial charge >= 0.3 is 5.97 Å². The van der Waals surface area contributed by atoms with E-state index in [9.17, 15) is 34.8 Å². The highest BCUT2D eigenvalue weighted by atomic mass is 16.6. The van der Waals surface area contributed by atoms with Gasteiger partial charge in [0.1, 0.15) is 0 Å². The highest BCUT2D eigenvalue weighted by Gasteiger charge is 2.59. The molecule has 0 unspecified atom stereocenters. The second kappa shape index (κ2) is 9.50. The number of hydrogen-bond acceptors (Lipinski definition) is 8. The summed E-state index contributed by atoms with van der Waals surface area (Å²) in [5, 5.41) is 40.4. The molecule has 0 radical (unpaired) electrons. The molecule has 1 aliphatic rings. The monoisotopic (exact) mass is 444 g/mol. The van der Waals surface area contributed by atoms with Gasteiger partial charge in [0.25, 0.3) is 0 Å². The topological polar surface area (TPSA) is 141 Å². The molecule has 32 heavy (non-hydrogen) atoms. The fraction of sp³-hybridized carbons (Fsp3) is 0.375. The normalized spacial score (nSPS) is 24.4. The van der Waals surface area contributed by atoms with E-state index in [1.54, 1.807) is 12.2 Å². The van der Waals surface area contributed by atoms with E-state index in [1.807, 2.05) is 12.2 Å². The van der Waals surface area contributed by atoms with Crippen LogP contribution in [-0.2, 0) is 26.5 Å². The maximum atomic E-state index is 13.2. The number of allylic oxidation sites excluding steroid dienone is 5. The molecule has 4 N–H and O–H groups in total. The zero-order chi connectivity index (χ0) is 24.3. The summed E-state index contributed by atoms with van der Waals surface area (Å²) in [5.74, 6) is -4.22. The van der Waals surface area contributed by atoms with E-state index in [1.165, 1.54) is 6.08 Å². The second-order valence-corrected chi connectivity index (χ2v) is 8.00. The number of rotatable bonds is 7. The number of Topliss-reactive ketones (excluding diaryl/α,β-unsaturated/α-hetero) is 2. The van der Waals surface area contributed by atoms with Crippen molar-refractivity contribution in [1.29, 1.82) is 0 Å². The molecular formula is C24H28O8. The van der Waals surface area contributed by atoms with E-state index in [0.717, 1.165) is 32.4 Å². The van der Waals surface area contributed by atoms with Crippen molar-refractivity contribution in [3.8, 4) is 11.5 Å². The first-order valence-corrected chi connectivity index (χ1v) is 10.2. The number of aliphatic hydroxyl groups is 2. The van der Waals surface area contributed by atoms with Crippen LogP contribution in [0.25, 0.3) is 0 Å². The molecular weight excluding hydrogens is 416 g/mol. The number of carbonyl (C=O) groups is 3. The van der Waals surface area contributed by atoms with Crippen molar-refractivity contribution in [3.05, 3.63) is 59.2 Å². The number of ketones is 2. The third-order valence-corrected chi connectivity index (χ3v) is 5.55. The maximum absolute atomic E-state index is 13.2. The van der Waals surface area contributed by atoms with Gasteiger partial charge in [-0.1, -0.05) is 50.6 Å². The average Bonchev–Trinajstić information content (AvgIpc) is 2.75. The number of carbonyl (C=O) groups excluding carboxylic acids is 3. The number of ether oxygens (including phenoxy) is 1. The Morgan fingerprint density at radius 2 is 1.78 bits per heavy atom. The highest BCUT2D eigenvalue weighted by molar-refractivity contribution is 6.25. The lowest BCUT2D eigenvalue weighted by Crippen LogP contribution is -2.59. The molecule has 0 spiro atoms. The van der Waals surface area contributed by atoms with E-state index in [4.69, 9.17) is 4.74 Å². The van der Waals surface area contributed by atoms with Gasteiger partial charge in [-0.05, 0) is 25.8 Å². The van der Waals surface area contributed by atoms with Gasteiger partial charge in [0.15, 0.2) is 17.1 Å². The zero-order valence-corrected chi connectivity index (χ0v) is 18.5. The minimum Gasteiger partial charge on any atom is -0.504 e.